The molecule has 1 heterocycles. The molecule has 10 heteroatoms. The predicted molar refractivity (Wildman–Crippen MR) is 120 cm³/mol. The standard InChI is InChI=1S/C21H20N2O5S3/c1-3-13-23-18-12-11-17(30(2,25)26)15-19(18)29-21(23)22-20(24)10-7-14-31(27,28)16-8-5-4-6-9-16/h1,4-6,8-9,11-12,15H,7,10,13-14H2,2H3. The fraction of sp³-hybridized carbons (Fsp3) is 0.238. The zero-order chi connectivity index (χ0) is 22.6. The van der Waals surface area contributed by atoms with Crippen LogP contribution in [0.2, 0.25) is 0 Å². The van der Waals surface area contributed by atoms with Gasteiger partial charge in [-0.25, -0.2) is 16.8 Å². The number of nitrogens with zero attached hydrogens (tertiary/aromatic N) is 2. The van der Waals surface area contributed by atoms with E-state index in [1.807, 2.05) is 0 Å². The Morgan fingerprint density at radius 1 is 1.10 bits per heavy atom. The summed E-state index contributed by atoms with van der Waals surface area (Å²) in [7, 11) is -6.84. The van der Waals surface area contributed by atoms with E-state index in [2.05, 4.69) is 10.9 Å². The van der Waals surface area contributed by atoms with E-state index < -0.39 is 25.6 Å². The van der Waals surface area contributed by atoms with Gasteiger partial charge in [-0.3, -0.25) is 4.79 Å². The van der Waals surface area contributed by atoms with Gasteiger partial charge in [0.05, 0.1) is 32.3 Å². The van der Waals surface area contributed by atoms with Crippen LogP contribution in [0.15, 0.2) is 63.3 Å². The number of carbonyl (C=O) groups is 1. The average Bonchev–Trinajstić information content (AvgIpc) is 3.04. The number of benzene rings is 2. The summed E-state index contributed by atoms with van der Waals surface area (Å²) in [4.78, 5) is 17.2. The molecule has 0 aliphatic carbocycles. The molecule has 2 aromatic carbocycles. The third-order valence-electron chi connectivity index (χ3n) is 4.46. The lowest BCUT2D eigenvalue weighted by Gasteiger charge is -2.03. The maximum Gasteiger partial charge on any atom is 0.248 e. The van der Waals surface area contributed by atoms with Crippen molar-refractivity contribution in [2.75, 3.05) is 12.0 Å². The van der Waals surface area contributed by atoms with E-state index in [9.17, 15) is 21.6 Å². The molecule has 3 aromatic rings. The summed E-state index contributed by atoms with van der Waals surface area (Å²) in [5, 5.41) is 0. The van der Waals surface area contributed by atoms with Gasteiger partial charge in [0, 0.05) is 12.7 Å². The number of fused-ring (bicyclic) bond motifs is 1. The van der Waals surface area contributed by atoms with E-state index in [-0.39, 0.29) is 34.9 Å². The number of sulfone groups is 2. The molecule has 0 aliphatic heterocycles. The van der Waals surface area contributed by atoms with Crippen molar-refractivity contribution in [3.05, 3.63) is 53.3 Å². The molecule has 0 unspecified atom stereocenters. The Morgan fingerprint density at radius 2 is 1.81 bits per heavy atom. The minimum absolute atomic E-state index is 0.0368. The molecule has 1 aromatic heterocycles. The highest BCUT2D eigenvalue weighted by Crippen LogP contribution is 2.22. The third kappa shape index (κ3) is 5.50. The molecule has 0 atom stereocenters. The van der Waals surface area contributed by atoms with Crippen LogP contribution < -0.4 is 4.80 Å². The first-order chi connectivity index (χ1) is 14.6. The van der Waals surface area contributed by atoms with E-state index in [0.717, 1.165) is 17.6 Å². The largest absolute Gasteiger partial charge is 0.305 e. The summed E-state index contributed by atoms with van der Waals surface area (Å²) in [6.45, 7) is 0.159. The molecule has 0 bridgehead atoms. The Kier molecular flexibility index (Phi) is 6.79. The second-order valence-electron chi connectivity index (χ2n) is 6.82. The molecule has 0 saturated carbocycles. The zero-order valence-corrected chi connectivity index (χ0v) is 19.1. The fourth-order valence-electron chi connectivity index (χ4n) is 2.94. The Hall–Kier alpha value is -2.74. The van der Waals surface area contributed by atoms with Crippen molar-refractivity contribution in [2.45, 2.75) is 29.2 Å². The van der Waals surface area contributed by atoms with Gasteiger partial charge in [0.2, 0.25) is 5.91 Å². The number of carbonyl (C=O) groups excluding carboxylic acids is 1. The molecule has 3 rings (SSSR count). The van der Waals surface area contributed by atoms with E-state index in [1.54, 1.807) is 28.8 Å². The maximum atomic E-state index is 12.4. The van der Waals surface area contributed by atoms with Crippen molar-refractivity contribution in [1.82, 2.24) is 4.57 Å². The topological polar surface area (TPSA) is 103 Å². The Bertz CT molecular complexity index is 1440. The Balaban J connectivity index is 1.83. The fourth-order valence-corrected chi connectivity index (χ4v) is 6.07. The number of amides is 1. The number of thiazole rings is 1. The number of hydrogen-bond acceptors (Lipinski definition) is 6. The monoisotopic (exact) mass is 476 g/mol. The van der Waals surface area contributed by atoms with Crippen LogP contribution in [0.5, 0.6) is 0 Å². The molecule has 31 heavy (non-hydrogen) atoms. The van der Waals surface area contributed by atoms with Crippen molar-refractivity contribution < 1.29 is 21.6 Å². The highest BCUT2D eigenvalue weighted by molar-refractivity contribution is 7.91. The second-order valence-corrected chi connectivity index (χ2v) is 12.0. The minimum atomic E-state index is -3.46. The van der Waals surface area contributed by atoms with E-state index in [1.165, 1.54) is 24.3 Å². The molecule has 0 aliphatic rings. The minimum Gasteiger partial charge on any atom is -0.305 e. The van der Waals surface area contributed by atoms with Crippen LogP contribution in [0.1, 0.15) is 12.8 Å². The smallest absolute Gasteiger partial charge is 0.248 e. The summed E-state index contributed by atoms with van der Waals surface area (Å²) < 4.78 is 50.6. The highest BCUT2D eigenvalue weighted by atomic mass is 32.2. The van der Waals surface area contributed by atoms with Crippen LogP contribution in [-0.2, 0) is 31.0 Å². The Morgan fingerprint density at radius 3 is 2.45 bits per heavy atom. The van der Waals surface area contributed by atoms with Gasteiger partial charge in [0.15, 0.2) is 24.5 Å². The van der Waals surface area contributed by atoms with Crippen molar-refractivity contribution in [1.29, 1.82) is 0 Å². The van der Waals surface area contributed by atoms with E-state index in [4.69, 9.17) is 6.42 Å². The quantitative estimate of drug-likeness (QED) is 0.487. The molecule has 7 nitrogen and oxygen atoms in total. The molecule has 0 spiro atoms. The van der Waals surface area contributed by atoms with Gasteiger partial charge >= 0.3 is 0 Å². The van der Waals surface area contributed by atoms with Gasteiger partial charge < -0.3 is 4.57 Å². The number of rotatable bonds is 7. The number of aromatic nitrogens is 1. The summed E-state index contributed by atoms with van der Waals surface area (Å²) in [5.74, 6) is 1.87. The highest BCUT2D eigenvalue weighted by Gasteiger charge is 2.15. The van der Waals surface area contributed by atoms with Gasteiger partial charge in [0.25, 0.3) is 0 Å². The normalized spacial score (nSPS) is 12.7. The lowest BCUT2D eigenvalue weighted by Crippen LogP contribution is -2.17. The molecule has 0 N–H and O–H groups in total. The molecule has 0 fully saturated rings. The van der Waals surface area contributed by atoms with Crippen molar-refractivity contribution in [3.8, 4) is 12.3 Å². The summed E-state index contributed by atoms with van der Waals surface area (Å²) in [5.41, 5.74) is 0.675. The average molecular weight is 477 g/mol. The molecule has 162 valence electrons. The molecule has 0 saturated heterocycles. The first-order valence-electron chi connectivity index (χ1n) is 9.24. The molecule has 0 radical (unpaired) electrons. The summed E-state index contributed by atoms with van der Waals surface area (Å²) in [6, 6.07) is 12.7. The number of hydrogen-bond donors (Lipinski definition) is 0. The van der Waals surface area contributed by atoms with Crippen molar-refractivity contribution in [2.24, 2.45) is 4.99 Å². The predicted octanol–water partition coefficient (Wildman–Crippen LogP) is 2.42. The van der Waals surface area contributed by atoms with E-state index >= 15 is 0 Å². The number of terminal acetylenes is 1. The SMILES string of the molecule is C#CCn1c(=NC(=O)CCCS(=O)(=O)c2ccccc2)sc2cc(S(C)(=O)=O)ccc21. The molecular weight excluding hydrogens is 456 g/mol. The van der Waals surface area contributed by atoms with Crippen LogP contribution in [0.25, 0.3) is 10.2 Å². The van der Waals surface area contributed by atoms with Gasteiger partial charge in [-0.2, -0.15) is 4.99 Å². The van der Waals surface area contributed by atoms with Gasteiger partial charge in [0.1, 0.15) is 0 Å². The second kappa shape index (κ2) is 9.18. The molecular formula is C21H20N2O5S3. The van der Waals surface area contributed by atoms with Gasteiger partial charge in [-0.15, -0.1) is 6.42 Å². The Labute approximate surface area is 184 Å². The summed E-state index contributed by atoms with van der Waals surface area (Å²) >= 11 is 1.16. The van der Waals surface area contributed by atoms with Crippen LogP contribution in [0.4, 0.5) is 0 Å². The van der Waals surface area contributed by atoms with Gasteiger partial charge in [-0.1, -0.05) is 35.5 Å². The zero-order valence-electron chi connectivity index (χ0n) is 16.7. The first kappa shape index (κ1) is 22.9. The van der Waals surface area contributed by atoms with Crippen LogP contribution >= 0.6 is 11.3 Å². The first-order valence-corrected chi connectivity index (χ1v) is 13.6. The lowest BCUT2D eigenvalue weighted by molar-refractivity contribution is -0.118. The maximum absolute atomic E-state index is 12.4. The van der Waals surface area contributed by atoms with Crippen molar-refractivity contribution >= 4 is 47.1 Å². The lowest BCUT2D eigenvalue weighted by atomic mass is 10.3. The van der Waals surface area contributed by atoms with Crippen LogP contribution in [0, 0.1) is 12.3 Å². The van der Waals surface area contributed by atoms with Crippen LogP contribution in [0.3, 0.4) is 0 Å². The van der Waals surface area contributed by atoms with Crippen molar-refractivity contribution in [3.63, 3.8) is 0 Å². The summed E-state index contributed by atoms with van der Waals surface area (Å²) in [6.07, 6.45) is 6.66. The molecule has 1 amide bonds. The van der Waals surface area contributed by atoms with E-state index in [0.29, 0.717) is 15.0 Å². The van der Waals surface area contributed by atoms with Crippen LogP contribution in [-0.4, -0.2) is 39.3 Å². The van der Waals surface area contributed by atoms with Gasteiger partial charge in [-0.05, 0) is 36.8 Å². The third-order valence-corrected chi connectivity index (χ3v) is 8.43.